The summed E-state index contributed by atoms with van der Waals surface area (Å²) in [6.07, 6.45) is -0.746. The lowest BCUT2D eigenvalue weighted by atomic mass is 10.1. The van der Waals surface area contributed by atoms with Crippen LogP contribution in [0.2, 0.25) is 0 Å². The van der Waals surface area contributed by atoms with E-state index in [2.05, 4.69) is 25.9 Å². The predicted molar refractivity (Wildman–Crippen MR) is 93.6 cm³/mol. The fourth-order valence-corrected chi connectivity index (χ4v) is 4.41. The van der Waals surface area contributed by atoms with Gasteiger partial charge in [0.1, 0.15) is 6.10 Å². The van der Waals surface area contributed by atoms with E-state index in [4.69, 9.17) is 4.74 Å². The van der Waals surface area contributed by atoms with Gasteiger partial charge in [-0.25, -0.2) is 18.4 Å². The van der Waals surface area contributed by atoms with Crippen LogP contribution in [0.15, 0.2) is 46.0 Å². The summed E-state index contributed by atoms with van der Waals surface area (Å²) in [5, 5.41) is 0. The molecule has 11 heteroatoms. The lowest BCUT2D eigenvalue weighted by Crippen LogP contribution is -2.44. The number of ether oxygens (including phenoxy) is 1. The first-order valence-electron chi connectivity index (χ1n) is 7.98. The summed E-state index contributed by atoms with van der Waals surface area (Å²) in [4.78, 5) is 7.81. The minimum absolute atomic E-state index is 0.0722. The molecular formula is C16H15BrF3N3O3S. The van der Waals surface area contributed by atoms with Gasteiger partial charge < -0.3 is 4.74 Å². The molecule has 1 aliphatic rings. The van der Waals surface area contributed by atoms with Gasteiger partial charge in [0, 0.05) is 18.9 Å². The monoisotopic (exact) mass is 465 g/mol. The normalized spacial score (nSPS) is 19.0. The van der Waals surface area contributed by atoms with Crippen molar-refractivity contribution in [2.75, 3.05) is 13.1 Å². The van der Waals surface area contributed by atoms with Gasteiger partial charge in [0.2, 0.25) is 10.0 Å². The summed E-state index contributed by atoms with van der Waals surface area (Å²) in [5.41, 5.74) is -0.895. The molecule has 0 spiro atoms. The van der Waals surface area contributed by atoms with Crippen LogP contribution in [0.3, 0.4) is 0 Å². The summed E-state index contributed by atoms with van der Waals surface area (Å²) in [6, 6.07) is 3.61. The zero-order valence-corrected chi connectivity index (χ0v) is 16.3. The van der Waals surface area contributed by atoms with E-state index in [0.29, 0.717) is 17.3 Å². The molecule has 1 aromatic heterocycles. The van der Waals surface area contributed by atoms with Crippen LogP contribution < -0.4 is 4.74 Å². The first-order chi connectivity index (χ1) is 12.7. The minimum Gasteiger partial charge on any atom is -0.459 e. The Morgan fingerprint density at radius 1 is 1.15 bits per heavy atom. The van der Waals surface area contributed by atoms with Gasteiger partial charge in [0.25, 0.3) is 0 Å². The highest BCUT2D eigenvalue weighted by molar-refractivity contribution is 9.10. The van der Waals surface area contributed by atoms with Crippen molar-refractivity contribution in [3.63, 3.8) is 0 Å². The second-order valence-corrected chi connectivity index (χ2v) is 8.80. The van der Waals surface area contributed by atoms with Gasteiger partial charge in [-0.1, -0.05) is 0 Å². The van der Waals surface area contributed by atoms with Crippen LogP contribution in [0.25, 0.3) is 0 Å². The van der Waals surface area contributed by atoms with Crippen molar-refractivity contribution in [3.8, 4) is 6.01 Å². The van der Waals surface area contributed by atoms with Crippen molar-refractivity contribution in [1.29, 1.82) is 0 Å². The number of hydrogen-bond donors (Lipinski definition) is 0. The summed E-state index contributed by atoms with van der Waals surface area (Å²) in [5.74, 6) is 0. The van der Waals surface area contributed by atoms with Crippen LogP contribution in [-0.4, -0.2) is 41.9 Å². The number of rotatable bonds is 4. The number of alkyl halides is 3. The zero-order valence-electron chi connectivity index (χ0n) is 13.9. The molecule has 0 radical (unpaired) electrons. The van der Waals surface area contributed by atoms with Gasteiger partial charge in [-0.15, -0.1) is 0 Å². The first kappa shape index (κ1) is 20.0. The van der Waals surface area contributed by atoms with Crippen LogP contribution in [0.1, 0.15) is 18.4 Å². The third-order valence-corrected chi connectivity index (χ3v) is 6.32. The van der Waals surface area contributed by atoms with Crippen LogP contribution in [-0.2, 0) is 16.2 Å². The number of aromatic nitrogens is 2. The third kappa shape index (κ3) is 4.77. The highest BCUT2D eigenvalue weighted by Crippen LogP contribution is 2.30. The SMILES string of the molecule is O=S(=O)(c1ccc(C(F)(F)F)cc1)N1CCCC(Oc2ncc(Br)cn2)C1. The van der Waals surface area contributed by atoms with Crippen molar-refractivity contribution in [1.82, 2.24) is 14.3 Å². The maximum Gasteiger partial charge on any atom is 0.416 e. The Kier molecular flexibility index (Phi) is 5.73. The molecule has 1 saturated heterocycles. The van der Waals surface area contributed by atoms with Crippen molar-refractivity contribution < 1.29 is 26.3 Å². The van der Waals surface area contributed by atoms with Gasteiger partial charge in [0.15, 0.2) is 0 Å². The lowest BCUT2D eigenvalue weighted by Gasteiger charge is -2.31. The van der Waals surface area contributed by atoms with E-state index in [-0.39, 0.29) is 24.0 Å². The quantitative estimate of drug-likeness (QED) is 0.690. The summed E-state index contributed by atoms with van der Waals surface area (Å²) < 4.78 is 71.0. The van der Waals surface area contributed by atoms with E-state index in [0.717, 1.165) is 24.3 Å². The molecule has 1 fully saturated rings. The number of halogens is 4. The van der Waals surface area contributed by atoms with Crippen LogP contribution in [0, 0.1) is 0 Å². The Labute approximate surface area is 162 Å². The third-order valence-electron chi connectivity index (χ3n) is 4.03. The Hall–Kier alpha value is -1.72. The smallest absolute Gasteiger partial charge is 0.416 e. The summed E-state index contributed by atoms with van der Waals surface area (Å²) in [6.45, 7) is 0.340. The Balaban J connectivity index is 1.73. The fourth-order valence-electron chi connectivity index (χ4n) is 2.69. The number of piperidine rings is 1. The summed E-state index contributed by atoms with van der Waals surface area (Å²) in [7, 11) is -3.92. The highest BCUT2D eigenvalue weighted by Gasteiger charge is 2.34. The number of hydrogen-bond acceptors (Lipinski definition) is 5. The molecule has 1 aromatic carbocycles. The van der Waals surface area contributed by atoms with Gasteiger partial charge in [0.05, 0.1) is 21.5 Å². The molecule has 0 aliphatic carbocycles. The van der Waals surface area contributed by atoms with E-state index in [1.54, 1.807) is 0 Å². The fraction of sp³-hybridized carbons (Fsp3) is 0.375. The van der Waals surface area contributed by atoms with Gasteiger partial charge in [-0.3, -0.25) is 0 Å². The lowest BCUT2D eigenvalue weighted by molar-refractivity contribution is -0.137. The van der Waals surface area contributed by atoms with Crippen molar-refractivity contribution >= 4 is 26.0 Å². The van der Waals surface area contributed by atoms with E-state index in [1.807, 2.05) is 0 Å². The van der Waals surface area contributed by atoms with Crippen LogP contribution in [0.5, 0.6) is 6.01 Å². The molecule has 2 aromatic rings. The average Bonchev–Trinajstić information content (AvgIpc) is 2.63. The Morgan fingerprint density at radius 2 is 1.78 bits per heavy atom. The molecule has 146 valence electrons. The predicted octanol–water partition coefficient (Wildman–Crippen LogP) is 3.49. The van der Waals surface area contributed by atoms with E-state index in [9.17, 15) is 21.6 Å². The van der Waals surface area contributed by atoms with Gasteiger partial charge in [-0.05, 0) is 53.0 Å². The molecule has 3 rings (SSSR count). The molecular weight excluding hydrogens is 451 g/mol. The minimum atomic E-state index is -4.52. The Bertz CT molecular complexity index is 890. The molecule has 1 atom stereocenters. The second kappa shape index (κ2) is 7.72. The Morgan fingerprint density at radius 3 is 2.37 bits per heavy atom. The molecule has 0 bridgehead atoms. The number of sulfonamides is 1. The van der Waals surface area contributed by atoms with Crippen LogP contribution in [0.4, 0.5) is 13.2 Å². The van der Waals surface area contributed by atoms with Crippen molar-refractivity contribution in [3.05, 3.63) is 46.7 Å². The molecule has 0 amide bonds. The second-order valence-electron chi connectivity index (χ2n) is 5.95. The van der Waals surface area contributed by atoms with E-state index >= 15 is 0 Å². The molecule has 1 aliphatic heterocycles. The molecule has 2 heterocycles. The van der Waals surface area contributed by atoms with E-state index < -0.39 is 27.9 Å². The van der Waals surface area contributed by atoms with Crippen LogP contribution >= 0.6 is 15.9 Å². The molecule has 0 saturated carbocycles. The zero-order chi connectivity index (χ0) is 19.7. The molecule has 27 heavy (non-hydrogen) atoms. The molecule has 6 nitrogen and oxygen atoms in total. The maximum atomic E-state index is 12.7. The molecule has 1 unspecified atom stereocenters. The van der Waals surface area contributed by atoms with E-state index in [1.165, 1.54) is 16.7 Å². The molecule has 0 N–H and O–H groups in total. The largest absolute Gasteiger partial charge is 0.459 e. The topological polar surface area (TPSA) is 72.4 Å². The van der Waals surface area contributed by atoms with Crippen molar-refractivity contribution in [2.24, 2.45) is 0 Å². The summed E-state index contributed by atoms with van der Waals surface area (Å²) >= 11 is 3.21. The average molecular weight is 466 g/mol. The van der Waals surface area contributed by atoms with Crippen molar-refractivity contribution in [2.45, 2.75) is 30.0 Å². The highest BCUT2D eigenvalue weighted by atomic mass is 79.9. The number of benzene rings is 1. The first-order valence-corrected chi connectivity index (χ1v) is 10.2. The van der Waals surface area contributed by atoms with Gasteiger partial charge in [-0.2, -0.15) is 17.5 Å². The standard InChI is InChI=1S/C16H15BrF3N3O3S/c17-12-8-21-15(22-9-12)26-13-2-1-7-23(10-13)27(24,25)14-5-3-11(4-6-14)16(18,19)20/h3-6,8-9,13H,1-2,7,10H2. The number of nitrogens with zero attached hydrogens (tertiary/aromatic N) is 3. The van der Waals surface area contributed by atoms with Gasteiger partial charge >= 0.3 is 12.2 Å². The maximum absolute atomic E-state index is 12.7.